The Morgan fingerprint density at radius 2 is 2.05 bits per heavy atom. The summed E-state index contributed by atoms with van der Waals surface area (Å²) in [5.74, 6) is 0.450. The maximum absolute atomic E-state index is 15.2. The van der Waals surface area contributed by atoms with E-state index in [9.17, 15) is 10.1 Å². The number of hydrogen-bond acceptors (Lipinski definition) is 10. The number of aromatic nitrogens is 3. The molecule has 1 amide bonds. The van der Waals surface area contributed by atoms with E-state index < -0.39 is 17.5 Å². The van der Waals surface area contributed by atoms with E-state index in [1.165, 1.54) is 0 Å². The fourth-order valence-electron chi connectivity index (χ4n) is 6.14. The van der Waals surface area contributed by atoms with Crippen LogP contribution in [0.25, 0.3) is 32.2 Å². The summed E-state index contributed by atoms with van der Waals surface area (Å²) in [4.78, 5) is 31.2. The summed E-state index contributed by atoms with van der Waals surface area (Å²) in [6, 6.07) is 2.38. The lowest BCUT2D eigenvalue weighted by Crippen LogP contribution is -2.35. The second-order valence-corrected chi connectivity index (χ2v) is 13.9. The summed E-state index contributed by atoms with van der Waals surface area (Å²) in [5.41, 5.74) is 2.37. The van der Waals surface area contributed by atoms with Crippen molar-refractivity contribution in [1.82, 2.24) is 19.9 Å². The molecule has 1 N–H and O–H groups in total. The van der Waals surface area contributed by atoms with Crippen LogP contribution in [0.3, 0.4) is 0 Å². The summed E-state index contributed by atoms with van der Waals surface area (Å²) < 4.78 is 26.6. The van der Waals surface area contributed by atoms with Crippen LogP contribution >= 0.6 is 22.9 Å². The van der Waals surface area contributed by atoms with Gasteiger partial charge < -0.3 is 19.3 Å². The highest BCUT2D eigenvalue weighted by Gasteiger charge is 2.34. The molecule has 5 heterocycles. The second kappa shape index (κ2) is 11.4. The summed E-state index contributed by atoms with van der Waals surface area (Å²) in [6.07, 6.45) is 3.19. The molecule has 1 saturated heterocycles. The molecule has 0 bridgehead atoms. The number of carbonyl (C=O) groups is 1. The molecule has 13 heteroatoms. The van der Waals surface area contributed by atoms with Gasteiger partial charge >= 0.3 is 6.09 Å². The first kappa shape index (κ1) is 30.4. The number of anilines is 2. The number of fused-ring (bicyclic) bond motifs is 4. The smallest absolute Gasteiger partial charge is 0.412 e. The van der Waals surface area contributed by atoms with Crippen LogP contribution in [0.5, 0.6) is 0 Å². The zero-order valence-corrected chi connectivity index (χ0v) is 27.0. The molecule has 10 nitrogen and oxygen atoms in total. The van der Waals surface area contributed by atoms with Gasteiger partial charge in [-0.2, -0.15) is 5.26 Å². The lowest BCUT2D eigenvalue weighted by atomic mass is 9.94. The molecular formula is C31H33ClFN7O3S. The van der Waals surface area contributed by atoms with Crippen LogP contribution in [0.1, 0.15) is 50.8 Å². The van der Waals surface area contributed by atoms with E-state index in [0.717, 1.165) is 53.6 Å². The van der Waals surface area contributed by atoms with E-state index in [4.69, 9.17) is 31.0 Å². The van der Waals surface area contributed by atoms with Gasteiger partial charge in [0, 0.05) is 41.7 Å². The van der Waals surface area contributed by atoms with E-state index in [2.05, 4.69) is 47.2 Å². The quantitative estimate of drug-likeness (QED) is 0.254. The number of nitriles is 1. The first-order valence-corrected chi connectivity index (χ1v) is 15.6. The van der Waals surface area contributed by atoms with Crippen molar-refractivity contribution < 1.29 is 18.7 Å². The van der Waals surface area contributed by atoms with Gasteiger partial charge in [-0.3, -0.25) is 10.3 Å². The van der Waals surface area contributed by atoms with Gasteiger partial charge in [0.1, 0.15) is 16.7 Å². The van der Waals surface area contributed by atoms with Crippen LogP contribution < -0.4 is 10.2 Å². The number of thiophene rings is 1. The number of amides is 1. The first-order valence-electron chi connectivity index (χ1n) is 14.4. The molecule has 2 aliphatic rings. The van der Waals surface area contributed by atoms with Gasteiger partial charge in [0.05, 0.1) is 45.9 Å². The molecule has 230 valence electrons. The topological polar surface area (TPSA) is 116 Å². The van der Waals surface area contributed by atoms with E-state index in [1.807, 2.05) is 0 Å². The van der Waals surface area contributed by atoms with E-state index in [1.54, 1.807) is 27.0 Å². The number of nitrogens with zero attached hydrogens (tertiary/aromatic N) is 6. The maximum atomic E-state index is 15.2. The molecule has 0 spiro atoms. The van der Waals surface area contributed by atoms with Gasteiger partial charge in [-0.15, -0.1) is 11.3 Å². The molecular weight excluding hydrogens is 605 g/mol. The summed E-state index contributed by atoms with van der Waals surface area (Å²) in [6.45, 7) is 9.78. The highest BCUT2D eigenvalue weighted by atomic mass is 35.5. The SMILES string of the molecule is C[C@H]1[C@@H](CN(C)C)CCN1c1ncc2c3c(c(-c4ncc(F)c5sc(NC(=O)OC(C)(C)C)c(C#N)c45)c(Cl)c2n1)COC3. The van der Waals surface area contributed by atoms with Gasteiger partial charge in [-0.25, -0.2) is 19.2 Å². The minimum atomic E-state index is -0.758. The number of nitrogens with one attached hydrogen (secondary N) is 1. The third-order valence-electron chi connectivity index (χ3n) is 8.09. The number of carbonyl (C=O) groups excluding carboxylic acids is 1. The second-order valence-electron chi connectivity index (χ2n) is 12.5. The number of ether oxygens (including phenoxy) is 2. The van der Waals surface area contributed by atoms with Gasteiger partial charge in [-0.05, 0) is 65.3 Å². The van der Waals surface area contributed by atoms with Gasteiger partial charge in [-0.1, -0.05) is 11.6 Å². The van der Waals surface area contributed by atoms with Gasteiger partial charge in [0.2, 0.25) is 5.95 Å². The van der Waals surface area contributed by atoms with Crippen LogP contribution in [0.15, 0.2) is 12.4 Å². The number of pyridine rings is 1. The van der Waals surface area contributed by atoms with Crippen LogP contribution in [-0.4, -0.2) is 64.8 Å². The third-order valence-corrected chi connectivity index (χ3v) is 9.57. The standard InChI is InChI=1S/C31H33ClFN7O3S/c1-15-16(12-39(5)6)7-8-40(15)29-36-10-18-19-13-42-14-20(19)22(24(32)25(18)37-29)26-23-17(9-34)28(38-30(41)43-31(2,3)4)44-27(23)21(33)11-35-26/h10-11,15-16H,7-8,12-14H2,1-6H3,(H,38,41)/t15-,16+/m0/s1. The Labute approximate surface area is 263 Å². The Bertz CT molecular complexity index is 1850. The van der Waals surface area contributed by atoms with Gasteiger partial charge in [0.15, 0.2) is 5.82 Å². The van der Waals surface area contributed by atoms with E-state index in [-0.39, 0.29) is 33.3 Å². The van der Waals surface area contributed by atoms with Crippen LogP contribution in [-0.2, 0) is 22.7 Å². The average molecular weight is 638 g/mol. The predicted octanol–water partition coefficient (Wildman–Crippen LogP) is 6.72. The van der Waals surface area contributed by atoms with Crippen molar-refractivity contribution in [3.05, 3.63) is 39.9 Å². The summed E-state index contributed by atoms with van der Waals surface area (Å²) in [5, 5.41) is 14.4. The Hall–Kier alpha value is -3.63. The zero-order chi connectivity index (χ0) is 31.5. The normalized spacial score (nSPS) is 18.3. The molecule has 0 unspecified atom stereocenters. The molecule has 1 aromatic carbocycles. The molecule has 44 heavy (non-hydrogen) atoms. The molecule has 2 aliphatic heterocycles. The van der Waals surface area contributed by atoms with E-state index >= 15 is 4.39 Å². The Morgan fingerprint density at radius 1 is 1.30 bits per heavy atom. The summed E-state index contributed by atoms with van der Waals surface area (Å²) in [7, 11) is 4.15. The molecule has 6 rings (SSSR count). The first-order chi connectivity index (χ1) is 20.9. The van der Waals surface area contributed by atoms with Crippen molar-refractivity contribution in [2.24, 2.45) is 5.92 Å². The minimum Gasteiger partial charge on any atom is -0.444 e. The van der Waals surface area contributed by atoms with Crippen LogP contribution in [0.4, 0.5) is 20.1 Å². The minimum absolute atomic E-state index is 0.0721. The number of rotatable bonds is 5. The van der Waals surface area contributed by atoms with Crippen molar-refractivity contribution in [3.63, 3.8) is 0 Å². The monoisotopic (exact) mass is 637 g/mol. The van der Waals surface area contributed by atoms with Crippen molar-refractivity contribution >= 4 is 61.0 Å². The largest absolute Gasteiger partial charge is 0.444 e. The van der Waals surface area contributed by atoms with Crippen molar-refractivity contribution in [3.8, 4) is 17.3 Å². The predicted molar refractivity (Wildman–Crippen MR) is 170 cm³/mol. The van der Waals surface area contributed by atoms with Crippen molar-refractivity contribution in [2.45, 2.75) is 59.0 Å². The molecule has 3 aromatic heterocycles. The molecule has 0 aliphatic carbocycles. The van der Waals surface area contributed by atoms with Crippen molar-refractivity contribution in [1.29, 1.82) is 5.26 Å². The molecule has 2 atom stereocenters. The Morgan fingerprint density at radius 3 is 2.75 bits per heavy atom. The van der Waals surface area contributed by atoms with E-state index in [0.29, 0.717) is 40.3 Å². The zero-order valence-electron chi connectivity index (χ0n) is 25.4. The van der Waals surface area contributed by atoms with Crippen molar-refractivity contribution in [2.75, 3.05) is 37.4 Å². The highest BCUT2D eigenvalue weighted by molar-refractivity contribution is 7.23. The number of hydrogen-bond donors (Lipinski definition) is 1. The Kier molecular flexibility index (Phi) is 7.86. The average Bonchev–Trinajstić information content (AvgIpc) is 3.66. The Balaban J connectivity index is 1.51. The maximum Gasteiger partial charge on any atom is 0.412 e. The number of benzene rings is 1. The highest BCUT2D eigenvalue weighted by Crippen LogP contribution is 2.48. The molecule has 4 aromatic rings. The molecule has 1 fully saturated rings. The molecule has 0 saturated carbocycles. The fraction of sp³-hybridized carbons (Fsp3) is 0.452. The number of halogens is 2. The lowest BCUT2D eigenvalue weighted by Gasteiger charge is -2.26. The molecule has 0 radical (unpaired) electrons. The van der Waals surface area contributed by atoms with Gasteiger partial charge in [0.25, 0.3) is 0 Å². The lowest BCUT2D eigenvalue weighted by molar-refractivity contribution is 0.0636. The fourth-order valence-corrected chi connectivity index (χ4v) is 7.53. The third kappa shape index (κ3) is 5.32. The van der Waals surface area contributed by atoms with Crippen LogP contribution in [0, 0.1) is 23.1 Å². The van der Waals surface area contributed by atoms with Crippen LogP contribution in [0.2, 0.25) is 5.02 Å². The summed E-state index contributed by atoms with van der Waals surface area (Å²) >= 11 is 8.14.